The van der Waals surface area contributed by atoms with Crippen molar-refractivity contribution in [2.75, 3.05) is 26.8 Å². The second-order valence-corrected chi connectivity index (χ2v) is 12.0. The predicted molar refractivity (Wildman–Crippen MR) is 182 cm³/mol. The highest BCUT2D eigenvalue weighted by Crippen LogP contribution is 2.39. The number of benzene rings is 3. The van der Waals surface area contributed by atoms with Gasteiger partial charge in [0.25, 0.3) is 0 Å². The molecule has 1 aliphatic rings. The largest absolute Gasteiger partial charge is 0.453 e. The Morgan fingerprint density at radius 3 is 1.70 bits per heavy atom. The number of ether oxygens (including phenoxy) is 4. The smallest absolute Gasteiger partial charge is 0.338 e. The lowest BCUT2D eigenvalue weighted by atomic mass is 9.77. The molecule has 0 aromatic heterocycles. The third kappa shape index (κ3) is 10.3. The number of carbonyl (C=O) groups excluding carboxylic acids is 2. The lowest BCUT2D eigenvalue weighted by Gasteiger charge is -2.29. The summed E-state index contributed by atoms with van der Waals surface area (Å²) in [4.78, 5) is 23.7. The fourth-order valence-electron chi connectivity index (χ4n) is 5.82. The van der Waals surface area contributed by atoms with E-state index < -0.39 is 38.7 Å². The van der Waals surface area contributed by atoms with E-state index in [1.54, 1.807) is 12.1 Å². The van der Waals surface area contributed by atoms with Gasteiger partial charge < -0.3 is 29.2 Å². The molecule has 0 bridgehead atoms. The van der Waals surface area contributed by atoms with Gasteiger partial charge in [0.05, 0.1) is 24.4 Å². The first-order valence-electron chi connectivity index (χ1n) is 16.3. The average Bonchev–Trinajstić information content (AvgIpc) is 3.11. The van der Waals surface area contributed by atoms with Crippen LogP contribution in [0.5, 0.6) is 11.5 Å². The number of rotatable bonds is 17. The fourth-order valence-corrected chi connectivity index (χ4v) is 5.82. The zero-order valence-corrected chi connectivity index (χ0v) is 27.2. The molecule has 4 rings (SSSR count). The first-order chi connectivity index (χ1) is 22.8. The van der Waals surface area contributed by atoms with Crippen LogP contribution in [0.4, 0.5) is 0 Å². The van der Waals surface area contributed by atoms with Crippen molar-refractivity contribution in [3.63, 3.8) is 0 Å². The van der Waals surface area contributed by atoms with Crippen molar-refractivity contribution in [3.8, 4) is 33.8 Å². The monoisotopic (exact) mass is 642 g/mol. The van der Waals surface area contributed by atoms with Crippen molar-refractivity contribution in [2.24, 2.45) is 5.92 Å². The van der Waals surface area contributed by atoms with Crippen molar-refractivity contribution < 1.29 is 38.7 Å². The van der Waals surface area contributed by atoms with Crippen molar-refractivity contribution in [1.29, 1.82) is 0 Å². The maximum atomic E-state index is 11.9. The second kappa shape index (κ2) is 18.1. The van der Waals surface area contributed by atoms with Gasteiger partial charge in [0, 0.05) is 0 Å². The van der Waals surface area contributed by atoms with Gasteiger partial charge in [-0.25, -0.2) is 9.59 Å². The Morgan fingerprint density at radius 1 is 0.681 bits per heavy atom. The Kier molecular flexibility index (Phi) is 13.6. The number of hydrogen-bond acceptors (Lipinski definition) is 8. The van der Waals surface area contributed by atoms with Gasteiger partial charge in [-0.1, -0.05) is 100 Å². The van der Waals surface area contributed by atoms with E-state index in [0.717, 1.165) is 28.2 Å². The van der Waals surface area contributed by atoms with Crippen molar-refractivity contribution in [3.05, 3.63) is 96.6 Å². The molecule has 0 spiro atoms. The summed E-state index contributed by atoms with van der Waals surface area (Å²) in [6, 6.07) is 22.4. The van der Waals surface area contributed by atoms with Gasteiger partial charge >= 0.3 is 11.9 Å². The van der Waals surface area contributed by atoms with Gasteiger partial charge in [-0.3, -0.25) is 0 Å². The van der Waals surface area contributed by atoms with Crippen LogP contribution in [-0.4, -0.2) is 49.0 Å². The quantitative estimate of drug-likeness (QED) is 0.0666. The van der Waals surface area contributed by atoms with Crippen LogP contribution in [0.3, 0.4) is 0 Å². The molecule has 1 saturated carbocycles. The minimum Gasteiger partial charge on any atom is -0.453 e. The second-order valence-electron chi connectivity index (χ2n) is 12.0. The van der Waals surface area contributed by atoms with E-state index in [9.17, 15) is 9.59 Å². The normalized spacial score (nSPS) is 15.8. The summed E-state index contributed by atoms with van der Waals surface area (Å²) >= 11 is 0. The maximum absolute atomic E-state index is 11.9. The standard InChI is InChI=1S/C39H46O8/c1-4-5-6-7-29-8-10-30(11-9-29)31-12-14-32(15-13-31)33-16-18-34(19-17-33)35-20-21-36(44-25-46-38(42)27(2)23-40)37(22-35)45-26-47-39(43)28(3)24-41/h12-22,29-30,40-41H,2-11,23-26H2,1H3. The summed E-state index contributed by atoms with van der Waals surface area (Å²) in [5.74, 6) is 0.432. The SMILES string of the molecule is C=C(CO)C(=O)OCOc1ccc(-c2ccc(-c3ccc(C4CCC(CCCCC)CC4)cc3)cc2)cc1OCOC(=O)C(=C)CO. The van der Waals surface area contributed by atoms with Gasteiger partial charge in [-0.05, 0) is 77.5 Å². The zero-order valence-electron chi connectivity index (χ0n) is 27.2. The van der Waals surface area contributed by atoms with E-state index in [-0.39, 0.29) is 22.6 Å². The van der Waals surface area contributed by atoms with Crippen LogP contribution in [-0.2, 0) is 19.1 Å². The summed E-state index contributed by atoms with van der Waals surface area (Å²) in [5.41, 5.74) is 5.23. The Balaban J connectivity index is 1.41. The van der Waals surface area contributed by atoms with Gasteiger partial charge in [-0.15, -0.1) is 0 Å². The Labute approximate surface area is 277 Å². The van der Waals surface area contributed by atoms with Crippen molar-refractivity contribution in [2.45, 2.75) is 64.2 Å². The van der Waals surface area contributed by atoms with Gasteiger partial charge in [0.1, 0.15) is 0 Å². The van der Waals surface area contributed by atoms with Crippen LogP contribution in [0.15, 0.2) is 91.0 Å². The molecule has 250 valence electrons. The molecule has 8 heteroatoms. The Bertz CT molecular complexity index is 1480. The number of esters is 2. The van der Waals surface area contributed by atoms with E-state index in [2.05, 4.69) is 56.5 Å². The van der Waals surface area contributed by atoms with Crippen LogP contribution in [0.25, 0.3) is 22.3 Å². The molecule has 8 nitrogen and oxygen atoms in total. The summed E-state index contributed by atoms with van der Waals surface area (Å²) in [6.45, 7) is 7.14. The molecule has 3 aromatic rings. The molecular weight excluding hydrogens is 596 g/mol. The number of unbranched alkanes of at least 4 members (excludes halogenated alkanes) is 2. The molecule has 1 fully saturated rings. The number of aliphatic hydroxyl groups excluding tert-OH is 2. The van der Waals surface area contributed by atoms with Crippen LogP contribution in [0.1, 0.15) is 69.8 Å². The highest BCUT2D eigenvalue weighted by molar-refractivity contribution is 5.88. The van der Waals surface area contributed by atoms with E-state index in [1.165, 1.54) is 56.9 Å². The summed E-state index contributed by atoms with van der Waals surface area (Å²) in [5, 5.41) is 18.2. The molecule has 1 aliphatic carbocycles. The first kappa shape index (κ1) is 35.5. The van der Waals surface area contributed by atoms with Crippen LogP contribution in [0.2, 0.25) is 0 Å². The predicted octanol–water partition coefficient (Wildman–Crippen LogP) is 7.73. The highest BCUT2D eigenvalue weighted by atomic mass is 16.7. The average molecular weight is 643 g/mol. The molecular formula is C39H46O8. The van der Waals surface area contributed by atoms with E-state index >= 15 is 0 Å². The van der Waals surface area contributed by atoms with Crippen LogP contribution in [0, 0.1) is 5.92 Å². The van der Waals surface area contributed by atoms with Gasteiger partial charge in [0.15, 0.2) is 11.5 Å². The molecule has 0 aliphatic heterocycles. The van der Waals surface area contributed by atoms with Crippen LogP contribution < -0.4 is 9.47 Å². The molecule has 3 aromatic carbocycles. The maximum Gasteiger partial charge on any atom is 0.338 e. The molecule has 47 heavy (non-hydrogen) atoms. The fraction of sp³-hybridized carbons (Fsp3) is 0.385. The third-order valence-corrected chi connectivity index (χ3v) is 8.71. The molecule has 0 atom stereocenters. The Morgan fingerprint density at radius 2 is 1.17 bits per heavy atom. The Hall–Kier alpha value is -4.40. The lowest BCUT2D eigenvalue weighted by Crippen LogP contribution is -2.15. The molecule has 0 heterocycles. The number of hydrogen-bond donors (Lipinski definition) is 2. The molecule has 0 saturated heterocycles. The number of aliphatic hydroxyl groups is 2. The van der Waals surface area contributed by atoms with E-state index in [4.69, 9.17) is 29.2 Å². The van der Waals surface area contributed by atoms with Gasteiger partial charge in [0.2, 0.25) is 13.6 Å². The first-order valence-corrected chi connectivity index (χ1v) is 16.3. The van der Waals surface area contributed by atoms with E-state index in [0.29, 0.717) is 5.92 Å². The molecule has 2 N–H and O–H groups in total. The minimum atomic E-state index is -0.795. The number of carbonyl (C=O) groups is 2. The lowest BCUT2D eigenvalue weighted by molar-refractivity contribution is -0.147. The molecule has 0 radical (unpaired) electrons. The minimum absolute atomic E-state index is 0.105. The summed E-state index contributed by atoms with van der Waals surface area (Å²) in [6.07, 6.45) is 10.7. The third-order valence-electron chi connectivity index (χ3n) is 8.71. The summed E-state index contributed by atoms with van der Waals surface area (Å²) < 4.78 is 21.3. The highest BCUT2D eigenvalue weighted by Gasteiger charge is 2.22. The molecule has 0 unspecified atom stereocenters. The topological polar surface area (TPSA) is 112 Å². The van der Waals surface area contributed by atoms with Crippen molar-refractivity contribution >= 4 is 11.9 Å². The zero-order chi connectivity index (χ0) is 33.6. The van der Waals surface area contributed by atoms with E-state index in [1.807, 2.05) is 18.2 Å². The van der Waals surface area contributed by atoms with Crippen molar-refractivity contribution in [1.82, 2.24) is 0 Å². The van der Waals surface area contributed by atoms with Crippen LogP contribution >= 0.6 is 0 Å². The molecule has 0 amide bonds. The van der Waals surface area contributed by atoms with Gasteiger partial charge in [-0.2, -0.15) is 0 Å². The summed E-state index contributed by atoms with van der Waals surface area (Å²) in [7, 11) is 0.